The summed E-state index contributed by atoms with van der Waals surface area (Å²) in [5.41, 5.74) is 0.878. The maximum Gasteiger partial charge on any atom is 0.387 e. The van der Waals surface area contributed by atoms with Gasteiger partial charge in [0.25, 0.3) is 0 Å². The normalized spacial score (nSPS) is 18.5. The monoisotopic (exact) mass is 271 g/mol. The molecule has 0 aromatic heterocycles. The summed E-state index contributed by atoms with van der Waals surface area (Å²) in [7, 11) is 0. The quantitative estimate of drug-likeness (QED) is 0.893. The van der Waals surface area contributed by atoms with Crippen LogP contribution in [0.1, 0.15) is 24.8 Å². The molecule has 19 heavy (non-hydrogen) atoms. The Kier molecular flexibility index (Phi) is 4.19. The van der Waals surface area contributed by atoms with E-state index < -0.39 is 6.61 Å². The van der Waals surface area contributed by atoms with Gasteiger partial charge in [0, 0.05) is 18.9 Å². The molecule has 1 atom stereocenters. The van der Waals surface area contributed by atoms with Crippen molar-refractivity contribution in [3.63, 3.8) is 0 Å². The maximum atomic E-state index is 12.3. The average molecular weight is 271 g/mol. The van der Waals surface area contributed by atoms with Crippen LogP contribution in [0.5, 0.6) is 11.5 Å². The van der Waals surface area contributed by atoms with Gasteiger partial charge in [-0.1, -0.05) is 6.07 Å². The predicted octanol–water partition coefficient (Wildman–Crippen LogP) is 2.29. The van der Waals surface area contributed by atoms with Crippen LogP contribution >= 0.6 is 0 Å². The van der Waals surface area contributed by atoms with Gasteiger partial charge in [0.15, 0.2) is 11.5 Å². The first-order chi connectivity index (χ1) is 9.10. The summed E-state index contributed by atoms with van der Waals surface area (Å²) in [5, 5.41) is 2.74. The van der Waals surface area contributed by atoms with E-state index in [1.165, 1.54) is 6.07 Å². The number of carbonyl (C=O) groups is 1. The molecular formula is C13H15F2NO3. The smallest absolute Gasteiger partial charge is 0.387 e. The number of hydrogen-bond donors (Lipinski definition) is 1. The lowest BCUT2D eigenvalue weighted by Gasteiger charge is -2.14. The minimum atomic E-state index is -2.89. The molecule has 104 valence electrons. The number of alkyl halides is 2. The Morgan fingerprint density at radius 1 is 1.42 bits per heavy atom. The number of benzene rings is 1. The van der Waals surface area contributed by atoms with Gasteiger partial charge in [0.2, 0.25) is 5.91 Å². The average Bonchev–Trinajstić information content (AvgIpc) is 2.78. The van der Waals surface area contributed by atoms with E-state index in [0.717, 1.165) is 5.56 Å². The zero-order valence-electron chi connectivity index (χ0n) is 10.5. The van der Waals surface area contributed by atoms with Crippen LogP contribution in [0.15, 0.2) is 18.2 Å². The predicted molar refractivity (Wildman–Crippen MR) is 64.6 cm³/mol. The van der Waals surface area contributed by atoms with E-state index in [1.54, 1.807) is 19.1 Å². The summed E-state index contributed by atoms with van der Waals surface area (Å²) < 4.78 is 34.2. The third kappa shape index (κ3) is 3.33. The molecule has 4 nitrogen and oxygen atoms in total. The minimum Gasteiger partial charge on any atom is -0.490 e. The van der Waals surface area contributed by atoms with Gasteiger partial charge in [0.1, 0.15) is 0 Å². The molecule has 1 unspecified atom stereocenters. The molecule has 1 aromatic rings. The number of ether oxygens (including phenoxy) is 2. The van der Waals surface area contributed by atoms with Crippen LogP contribution < -0.4 is 14.8 Å². The van der Waals surface area contributed by atoms with Crippen LogP contribution in [0, 0.1) is 0 Å². The molecule has 1 aliphatic heterocycles. The Balaban J connectivity index is 2.22. The first-order valence-corrected chi connectivity index (χ1v) is 6.08. The van der Waals surface area contributed by atoms with Crippen molar-refractivity contribution in [1.29, 1.82) is 0 Å². The van der Waals surface area contributed by atoms with Crippen LogP contribution in [0.2, 0.25) is 0 Å². The van der Waals surface area contributed by atoms with Crippen LogP contribution in [0.3, 0.4) is 0 Å². The van der Waals surface area contributed by atoms with Crippen molar-refractivity contribution in [2.24, 2.45) is 0 Å². The summed E-state index contributed by atoms with van der Waals surface area (Å²) >= 11 is 0. The SMILES string of the molecule is CCOc1cc(C2CNC(=O)C2)ccc1OC(F)F. The van der Waals surface area contributed by atoms with Gasteiger partial charge in [0.05, 0.1) is 6.61 Å². The Morgan fingerprint density at radius 3 is 2.79 bits per heavy atom. The molecule has 0 bridgehead atoms. The summed E-state index contributed by atoms with van der Waals surface area (Å²) in [6.45, 7) is -0.219. The Bertz CT molecular complexity index is 465. The first kappa shape index (κ1) is 13.6. The fourth-order valence-electron chi connectivity index (χ4n) is 2.08. The maximum absolute atomic E-state index is 12.3. The zero-order valence-corrected chi connectivity index (χ0v) is 10.5. The van der Waals surface area contributed by atoms with E-state index in [2.05, 4.69) is 10.1 Å². The molecule has 2 rings (SSSR count). The highest BCUT2D eigenvalue weighted by molar-refractivity contribution is 5.79. The molecular weight excluding hydrogens is 256 g/mol. The number of rotatable bonds is 5. The highest BCUT2D eigenvalue weighted by atomic mass is 19.3. The van der Waals surface area contributed by atoms with Crippen molar-refractivity contribution in [1.82, 2.24) is 5.32 Å². The molecule has 0 radical (unpaired) electrons. The zero-order chi connectivity index (χ0) is 13.8. The van der Waals surface area contributed by atoms with Gasteiger partial charge in [-0.05, 0) is 24.6 Å². The molecule has 1 heterocycles. The van der Waals surface area contributed by atoms with E-state index in [1.807, 2.05) is 0 Å². The molecule has 1 aliphatic rings. The third-order valence-electron chi connectivity index (χ3n) is 2.93. The van der Waals surface area contributed by atoms with Gasteiger partial charge < -0.3 is 14.8 Å². The first-order valence-electron chi connectivity index (χ1n) is 6.08. The number of nitrogens with one attached hydrogen (secondary N) is 1. The molecule has 1 amide bonds. The number of halogens is 2. The highest BCUT2D eigenvalue weighted by Gasteiger charge is 2.24. The molecule has 1 N–H and O–H groups in total. The topological polar surface area (TPSA) is 47.6 Å². The molecule has 0 spiro atoms. The number of carbonyl (C=O) groups excluding carboxylic acids is 1. The Morgan fingerprint density at radius 2 is 2.21 bits per heavy atom. The van der Waals surface area contributed by atoms with Crippen molar-refractivity contribution < 1.29 is 23.0 Å². The van der Waals surface area contributed by atoms with Gasteiger partial charge in [-0.3, -0.25) is 4.79 Å². The second-order valence-electron chi connectivity index (χ2n) is 4.22. The lowest BCUT2D eigenvalue weighted by atomic mass is 9.98. The fraction of sp³-hybridized carbons (Fsp3) is 0.462. The van der Waals surface area contributed by atoms with E-state index >= 15 is 0 Å². The Labute approximate surface area is 109 Å². The van der Waals surface area contributed by atoms with Crippen molar-refractivity contribution in [3.8, 4) is 11.5 Å². The van der Waals surface area contributed by atoms with Crippen molar-refractivity contribution >= 4 is 5.91 Å². The molecule has 6 heteroatoms. The van der Waals surface area contributed by atoms with Crippen molar-refractivity contribution in [2.75, 3.05) is 13.2 Å². The molecule has 0 saturated carbocycles. The van der Waals surface area contributed by atoms with E-state index in [0.29, 0.717) is 19.6 Å². The molecule has 1 saturated heterocycles. The largest absolute Gasteiger partial charge is 0.490 e. The minimum absolute atomic E-state index is 0.00383. The van der Waals surface area contributed by atoms with E-state index in [-0.39, 0.29) is 23.3 Å². The molecule has 1 fully saturated rings. The second kappa shape index (κ2) is 5.86. The summed E-state index contributed by atoms with van der Waals surface area (Å²) in [5.74, 6) is 0.334. The van der Waals surface area contributed by atoms with E-state index in [4.69, 9.17) is 4.74 Å². The lowest BCUT2D eigenvalue weighted by molar-refractivity contribution is -0.119. The summed E-state index contributed by atoms with van der Waals surface area (Å²) in [4.78, 5) is 11.2. The van der Waals surface area contributed by atoms with Gasteiger partial charge in [-0.15, -0.1) is 0 Å². The number of amides is 1. The van der Waals surface area contributed by atoms with Gasteiger partial charge in [-0.25, -0.2) is 0 Å². The van der Waals surface area contributed by atoms with Crippen molar-refractivity contribution in [3.05, 3.63) is 23.8 Å². The summed E-state index contributed by atoms with van der Waals surface area (Å²) in [6.07, 6.45) is 0.403. The Hall–Kier alpha value is -1.85. The standard InChI is InChI=1S/C13H15F2NO3/c1-2-18-11-5-8(9-6-12(17)16-7-9)3-4-10(11)19-13(14)15/h3-5,9,13H,2,6-7H2,1H3,(H,16,17). The highest BCUT2D eigenvalue weighted by Crippen LogP contribution is 2.34. The molecule has 1 aromatic carbocycles. The fourth-order valence-corrected chi connectivity index (χ4v) is 2.08. The van der Waals surface area contributed by atoms with Gasteiger partial charge >= 0.3 is 6.61 Å². The third-order valence-corrected chi connectivity index (χ3v) is 2.93. The van der Waals surface area contributed by atoms with E-state index in [9.17, 15) is 13.6 Å². The van der Waals surface area contributed by atoms with Crippen LogP contribution in [0.25, 0.3) is 0 Å². The van der Waals surface area contributed by atoms with Crippen LogP contribution in [-0.2, 0) is 4.79 Å². The number of hydrogen-bond acceptors (Lipinski definition) is 3. The van der Waals surface area contributed by atoms with Gasteiger partial charge in [-0.2, -0.15) is 8.78 Å². The van der Waals surface area contributed by atoms with Crippen LogP contribution in [0.4, 0.5) is 8.78 Å². The lowest BCUT2D eigenvalue weighted by Crippen LogP contribution is -2.13. The van der Waals surface area contributed by atoms with Crippen LogP contribution in [-0.4, -0.2) is 25.7 Å². The van der Waals surface area contributed by atoms with Crippen molar-refractivity contribution in [2.45, 2.75) is 25.9 Å². The second-order valence-corrected chi connectivity index (χ2v) is 4.22. The summed E-state index contributed by atoms with van der Waals surface area (Å²) in [6, 6.07) is 4.80. The molecule has 0 aliphatic carbocycles.